The summed E-state index contributed by atoms with van der Waals surface area (Å²) < 4.78 is 10.6. The van der Waals surface area contributed by atoms with Gasteiger partial charge in [0, 0.05) is 23.7 Å². The van der Waals surface area contributed by atoms with Gasteiger partial charge in [0.2, 0.25) is 0 Å². The van der Waals surface area contributed by atoms with Crippen LogP contribution in [0.1, 0.15) is 52.9 Å². The Bertz CT molecular complexity index is 663. The second-order valence-corrected chi connectivity index (χ2v) is 8.64. The average Bonchev–Trinajstić information content (AvgIpc) is 3.01. The van der Waals surface area contributed by atoms with E-state index in [4.69, 9.17) is 9.47 Å². The van der Waals surface area contributed by atoms with Crippen LogP contribution in [-0.4, -0.2) is 36.9 Å². The van der Waals surface area contributed by atoms with Crippen LogP contribution in [0.15, 0.2) is 23.3 Å². The fourth-order valence-electron chi connectivity index (χ4n) is 5.52. The number of carboxylic acids is 1. The Labute approximate surface area is 155 Å². The maximum atomic E-state index is 12.0. The number of rotatable bonds is 5. The molecule has 5 atom stereocenters. The van der Waals surface area contributed by atoms with Crippen molar-refractivity contribution in [2.24, 2.45) is 22.7 Å². The highest BCUT2D eigenvalue weighted by Crippen LogP contribution is 2.62. The third-order valence-electron chi connectivity index (χ3n) is 7.50. The lowest BCUT2D eigenvalue weighted by atomic mass is 9.46. The summed E-state index contributed by atoms with van der Waals surface area (Å²) in [7, 11) is 1.65. The Hall–Kier alpha value is -1.62. The summed E-state index contributed by atoms with van der Waals surface area (Å²) in [5.74, 6) is -0.371. The van der Waals surface area contributed by atoms with Crippen LogP contribution in [0.5, 0.6) is 0 Å². The highest BCUT2D eigenvalue weighted by molar-refractivity contribution is 5.90. The lowest BCUT2D eigenvalue weighted by Crippen LogP contribution is -2.53. The van der Waals surface area contributed by atoms with Gasteiger partial charge in [0.15, 0.2) is 0 Å². The van der Waals surface area contributed by atoms with Crippen LogP contribution in [0.2, 0.25) is 0 Å². The van der Waals surface area contributed by atoms with Crippen LogP contribution in [0.4, 0.5) is 0 Å². The van der Waals surface area contributed by atoms with Gasteiger partial charge in [0.1, 0.15) is 6.61 Å². The molecule has 1 N–H and O–H groups in total. The van der Waals surface area contributed by atoms with E-state index in [1.807, 2.05) is 12.2 Å². The van der Waals surface area contributed by atoms with E-state index >= 15 is 0 Å². The summed E-state index contributed by atoms with van der Waals surface area (Å²) in [6.45, 7) is 7.02. The Morgan fingerprint density at radius 3 is 2.73 bits per heavy atom. The van der Waals surface area contributed by atoms with Crippen LogP contribution < -0.4 is 0 Å². The summed E-state index contributed by atoms with van der Waals surface area (Å²) in [5.41, 5.74) is 0.854. The molecule has 1 fully saturated rings. The smallest absolute Gasteiger partial charge is 0.334 e. The van der Waals surface area contributed by atoms with Gasteiger partial charge in [0.25, 0.3) is 0 Å². The van der Waals surface area contributed by atoms with Crippen molar-refractivity contribution in [1.82, 2.24) is 0 Å². The molecule has 5 heteroatoms. The molecule has 0 aromatic rings. The second kappa shape index (κ2) is 6.84. The predicted octanol–water partition coefficient (Wildman–Crippen LogP) is 3.74. The molecule has 3 rings (SSSR count). The van der Waals surface area contributed by atoms with E-state index in [1.54, 1.807) is 7.11 Å². The first-order valence-electron chi connectivity index (χ1n) is 9.57. The summed E-state index contributed by atoms with van der Waals surface area (Å²) >= 11 is 0. The first-order valence-corrected chi connectivity index (χ1v) is 9.57. The highest BCUT2D eigenvalue weighted by atomic mass is 16.5. The van der Waals surface area contributed by atoms with Crippen molar-refractivity contribution >= 4 is 11.9 Å². The van der Waals surface area contributed by atoms with Gasteiger partial charge in [-0.15, -0.1) is 0 Å². The van der Waals surface area contributed by atoms with E-state index in [1.165, 1.54) is 0 Å². The zero-order valence-electron chi connectivity index (χ0n) is 16.2. The molecule has 0 aromatic carbocycles. The maximum absolute atomic E-state index is 12.0. The molecule has 144 valence electrons. The molecule has 2 aliphatic carbocycles. The van der Waals surface area contributed by atoms with Crippen LogP contribution in [0.3, 0.4) is 0 Å². The van der Waals surface area contributed by atoms with Crippen molar-refractivity contribution in [2.45, 2.75) is 59.0 Å². The Kier molecular flexibility index (Phi) is 5.04. The third-order valence-corrected chi connectivity index (χ3v) is 7.50. The second-order valence-electron chi connectivity index (χ2n) is 8.64. The molecule has 0 unspecified atom stereocenters. The molecule has 1 heterocycles. The highest BCUT2D eigenvalue weighted by Gasteiger charge is 2.56. The number of cyclic esters (lactones) is 1. The number of methoxy groups -OCH3 is 1. The van der Waals surface area contributed by atoms with E-state index in [0.29, 0.717) is 24.5 Å². The van der Waals surface area contributed by atoms with Crippen molar-refractivity contribution in [3.8, 4) is 0 Å². The van der Waals surface area contributed by atoms with Gasteiger partial charge in [-0.3, -0.25) is 0 Å². The molecule has 0 spiro atoms. The van der Waals surface area contributed by atoms with Crippen LogP contribution in [-0.2, 0) is 19.1 Å². The number of carboxylic acid groups (broad SMARTS) is 1. The minimum absolute atomic E-state index is 0.0531. The Balaban J connectivity index is 1.93. The third kappa shape index (κ3) is 3.00. The minimum atomic E-state index is -0.835. The van der Waals surface area contributed by atoms with Gasteiger partial charge in [0.05, 0.1) is 6.10 Å². The van der Waals surface area contributed by atoms with Crippen LogP contribution >= 0.6 is 0 Å². The zero-order valence-corrected chi connectivity index (χ0v) is 16.2. The number of carbonyl (C=O) groups excluding carboxylic acids is 1. The number of carbonyl (C=O) groups is 2. The molecule has 0 radical (unpaired) electrons. The van der Waals surface area contributed by atoms with Crippen molar-refractivity contribution in [1.29, 1.82) is 0 Å². The molecule has 0 saturated heterocycles. The number of hydrogen-bond donors (Lipinski definition) is 1. The largest absolute Gasteiger partial charge is 0.478 e. The van der Waals surface area contributed by atoms with E-state index in [-0.39, 0.29) is 28.8 Å². The first kappa shape index (κ1) is 19.2. The fourth-order valence-corrected chi connectivity index (χ4v) is 5.52. The van der Waals surface area contributed by atoms with Gasteiger partial charge in [-0.25, -0.2) is 9.59 Å². The maximum Gasteiger partial charge on any atom is 0.334 e. The van der Waals surface area contributed by atoms with Crippen molar-refractivity contribution in [2.75, 3.05) is 13.7 Å². The summed E-state index contributed by atoms with van der Waals surface area (Å²) in [4.78, 5) is 23.8. The van der Waals surface area contributed by atoms with Gasteiger partial charge in [-0.1, -0.05) is 20.8 Å². The predicted molar refractivity (Wildman–Crippen MR) is 97.5 cm³/mol. The minimum Gasteiger partial charge on any atom is -0.478 e. The van der Waals surface area contributed by atoms with E-state index < -0.39 is 5.97 Å². The van der Waals surface area contributed by atoms with E-state index in [9.17, 15) is 14.7 Å². The molecule has 0 aromatic heterocycles. The quantitative estimate of drug-likeness (QED) is 0.754. The number of aliphatic carboxylic acids is 1. The van der Waals surface area contributed by atoms with Crippen molar-refractivity contribution in [3.05, 3.63) is 23.3 Å². The SMILES string of the molecule is CO[C@@H]1C=C(C(=O)O)[C@]2(C)CC[C@@H](C)[C@](C)(CCC3=CCOC3=O)[C@H]2C1. The van der Waals surface area contributed by atoms with Gasteiger partial charge in [-0.05, 0) is 61.5 Å². The molecular formula is C21H30O5. The fraction of sp³-hybridized carbons (Fsp3) is 0.714. The summed E-state index contributed by atoms with van der Waals surface area (Å²) in [6, 6.07) is 0. The Morgan fingerprint density at radius 2 is 2.15 bits per heavy atom. The van der Waals surface area contributed by atoms with E-state index in [0.717, 1.165) is 31.3 Å². The van der Waals surface area contributed by atoms with Crippen molar-refractivity contribution in [3.63, 3.8) is 0 Å². The molecule has 3 aliphatic rings. The summed E-state index contributed by atoms with van der Waals surface area (Å²) in [6.07, 6.45) is 7.78. The number of hydrogen-bond acceptors (Lipinski definition) is 4. The Morgan fingerprint density at radius 1 is 1.42 bits per heavy atom. The lowest BCUT2D eigenvalue weighted by Gasteiger charge is -2.58. The first-order chi connectivity index (χ1) is 12.2. The molecular weight excluding hydrogens is 332 g/mol. The van der Waals surface area contributed by atoms with E-state index in [2.05, 4.69) is 20.8 Å². The van der Waals surface area contributed by atoms with Crippen LogP contribution in [0.25, 0.3) is 0 Å². The number of esters is 1. The van der Waals surface area contributed by atoms with Gasteiger partial charge in [-0.2, -0.15) is 0 Å². The van der Waals surface area contributed by atoms with Crippen molar-refractivity contribution < 1.29 is 24.2 Å². The normalized spacial score (nSPS) is 39.7. The average molecular weight is 362 g/mol. The zero-order chi connectivity index (χ0) is 19.1. The molecule has 0 bridgehead atoms. The van der Waals surface area contributed by atoms with Gasteiger partial charge >= 0.3 is 11.9 Å². The monoisotopic (exact) mass is 362 g/mol. The topological polar surface area (TPSA) is 72.8 Å². The van der Waals surface area contributed by atoms with Crippen LogP contribution in [0, 0.1) is 22.7 Å². The molecule has 0 amide bonds. The lowest BCUT2D eigenvalue weighted by molar-refractivity contribution is -0.138. The summed E-state index contributed by atoms with van der Waals surface area (Å²) in [5, 5.41) is 9.83. The standard InChI is InChI=1S/C21H30O5/c1-13-5-8-21(3)16(18(22)23)11-15(25-4)12-17(21)20(13,2)9-6-14-7-10-26-19(14)24/h7,11,13,15,17H,5-6,8-10,12H2,1-4H3,(H,22,23)/t13-,15-,17-,20+,21+/m1/s1. The molecule has 1 aliphatic heterocycles. The number of fused-ring (bicyclic) bond motifs is 1. The molecule has 5 nitrogen and oxygen atoms in total. The molecule has 1 saturated carbocycles. The number of ether oxygens (including phenoxy) is 2. The van der Waals surface area contributed by atoms with Gasteiger partial charge < -0.3 is 14.6 Å². The molecule has 26 heavy (non-hydrogen) atoms.